The van der Waals surface area contributed by atoms with E-state index >= 15 is 0 Å². The Hall–Kier alpha value is -1.57. The standard InChI is InChI=1S/C20H20ClN/c1-22-17-11-12-19(22)20(15-7-9-16(21)10-8-15)18(13-17)14-5-3-2-4-6-14/h2-10,17,19H,11-13H2,1H3. The summed E-state index contributed by atoms with van der Waals surface area (Å²) in [6.45, 7) is 0. The SMILES string of the molecule is CN1C2CCC1C(c1ccc(Cl)cc1)=C(c1ccccc1)C2. The second-order valence-electron chi connectivity index (χ2n) is 6.38. The van der Waals surface area contributed by atoms with Crippen molar-refractivity contribution in [1.29, 1.82) is 0 Å². The third-order valence-electron chi connectivity index (χ3n) is 5.22. The molecule has 2 atom stereocenters. The van der Waals surface area contributed by atoms with Crippen LogP contribution in [-0.2, 0) is 0 Å². The van der Waals surface area contributed by atoms with Gasteiger partial charge in [0.1, 0.15) is 0 Å². The molecule has 2 aliphatic heterocycles. The molecular weight excluding hydrogens is 290 g/mol. The lowest BCUT2D eigenvalue weighted by atomic mass is 9.85. The topological polar surface area (TPSA) is 3.24 Å². The van der Waals surface area contributed by atoms with Crippen molar-refractivity contribution >= 4 is 22.7 Å². The van der Waals surface area contributed by atoms with Crippen molar-refractivity contribution in [3.05, 3.63) is 70.7 Å². The Bertz CT molecular complexity index is 702. The van der Waals surface area contributed by atoms with E-state index in [1.165, 1.54) is 35.1 Å². The van der Waals surface area contributed by atoms with Crippen molar-refractivity contribution in [2.45, 2.75) is 31.3 Å². The predicted octanol–water partition coefficient (Wildman–Crippen LogP) is 5.12. The van der Waals surface area contributed by atoms with Crippen molar-refractivity contribution in [1.82, 2.24) is 4.90 Å². The van der Waals surface area contributed by atoms with Crippen molar-refractivity contribution < 1.29 is 0 Å². The van der Waals surface area contributed by atoms with Crippen molar-refractivity contribution in [3.63, 3.8) is 0 Å². The van der Waals surface area contributed by atoms with Gasteiger partial charge in [0.2, 0.25) is 0 Å². The Morgan fingerprint density at radius 2 is 1.64 bits per heavy atom. The summed E-state index contributed by atoms with van der Waals surface area (Å²) in [7, 11) is 2.28. The highest BCUT2D eigenvalue weighted by molar-refractivity contribution is 6.30. The Morgan fingerprint density at radius 1 is 0.909 bits per heavy atom. The van der Waals surface area contributed by atoms with Crippen LogP contribution in [0.4, 0.5) is 0 Å². The van der Waals surface area contributed by atoms with Crippen LogP contribution in [0, 0.1) is 0 Å². The molecule has 0 N–H and O–H groups in total. The fraction of sp³-hybridized carbons (Fsp3) is 0.300. The minimum absolute atomic E-state index is 0.537. The van der Waals surface area contributed by atoms with E-state index in [1.807, 2.05) is 12.1 Å². The molecule has 2 heteroatoms. The summed E-state index contributed by atoms with van der Waals surface area (Å²) in [6.07, 6.45) is 3.71. The molecule has 1 fully saturated rings. The van der Waals surface area contributed by atoms with Gasteiger partial charge in [-0.15, -0.1) is 0 Å². The van der Waals surface area contributed by atoms with Crippen LogP contribution in [0.25, 0.3) is 11.1 Å². The second kappa shape index (κ2) is 5.57. The molecule has 1 saturated heterocycles. The molecule has 2 unspecified atom stereocenters. The summed E-state index contributed by atoms with van der Waals surface area (Å²) in [5.41, 5.74) is 5.71. The largest absolute Gasteiger partial charge is 0.296 e. The molecule has 112 valence electrons. The zero-order chi connectivity index (χ0) is 15.1. The highest BCUT2D eigenvalue weighted by Gasteiger charge is 2.39. The van der Waals surface area contributed by atoms with Crippen LogP contribution in [0.15, 0.2) is 54.6 Å². The molecular formula is C20H20ClN. The second-order valence-corrected chi connectivity index (χ2v) is 6.82. The molecule has 0 spiro atoms. The number of nitrogens with zero attached hydrogens (tertiary/aromatic N) is 1. The fourth-order valence-electron chi connectivity index (χ4n) is 4.06. The summed E-state index contributed by atoms with van der Waals surface area (Å²) < 4.78 is 0. The van der Waals surface area contributed by atoms with Gasteiger partial charge in [-0.25, -0.2) is 0 Å². The van der Waals surface area contributed by atoms with E-state index in [2.05, 4.69) is 54.4 Å². The van der Waals surface area contributed by atoms with Gasteiger partial charge in [0.05, 0.1) is 0 Å². The summed E-state index contributed by atoms with van der Waals surface area (Å²) in [5, 5.41) is 0.805. The number of rotatable bonds is 2. The Morgan fingerprint density at radius 3 is 2.36 bits per heavy atom. The maximum atomic E-state index is 6.08. The molecule has 2 aromatic rings. The molecule has 2 aliphatic rings. The van der Waals surface area contributed by atoms with Crippen LogP contribution in [0.5, 0.6) is 0 Å². The predicted molar refractivity (Wildman–Crippen MR) is 93.9 cm³/mol. The van der Waals surface area contributed by atoms with Gasteiger partial charge in [0, 0.05) is 17.1 Å². The maximum absolute atomic E-state index is 6.08. The van der Waals surface area contributed by atoms with Crippen LogP contribution in [0.1, 0.15) is 30.4 Å². The van der Waals surface area contributed by atoms with Crippen LogP contribution in [0.3, 0.4) is 0 Å². The van der Waals surface area contributed by atoms with Crippen LogP contribution < -0.4 is 0 Å². The molecule has 2 aromatic carbocycles. The van der Waals surface area contributed by atoms with E-state index in [-0.39, 0.29) is 0 Å². The number of likely N-dealkylation sites (N-methyl/N-ethyl adjacent to an activating group) is 1. The first-order valence-corrected chi connectivity index (χ1v) is 8.38. The average molecular weight is 310 g/mol. The van der Waals surface area contributed by atoms with E-state index in [0.29, 0.717) is 12.1 Å². The normalized spacial score (nSPS) is 24.8. The molecule has 22 heavy (non-hydrogen) atoms. The highest BCUT2D eigenvalue weighted by Crippen LogP contribution is 2.46. The first-order valence-electron chi connectivity index (χ1n) is 8.00. The Kier molecular flexibility index (Phi) is 3.56. The minimum atomic E-state index is 0.537. The van der Waals surface area contributed by atoms with Gasteiger partial charge in [-0.1, -0.05) is 54.1 Å². The molecule has 0 amide bonds. The lowest BCUT2D eigenvalue weighted by Crippen LogP contribution is -2.37. The van der Waals surface area contributed by atoms with Crippen LogP contribution in [0.2, 0.25) is 5.02 Å². The van der Waals surface area contributed by atoms with Gasteiger partial charge < -0.3 is 0 Å². The minimum Gasteiger partial charge on any atom is -0.296 e. The van der Waals surface area contributed by atoms with Gasteiger partial charge in [-0.3, -0.25) is 4.90 Å². The average Bonchev–Trinajstić information content (AvgIpc) is 2.79. The zero-order valence-electron chi connectivity index (χ0n) is 12.8. The Labute approximate surface area is 137 Å². The summed E-state index contributed by atoms with van der Waals surface area (Å²) in [4.78, 5) is 2.57. The smallest absolute Gasteiger partial charge is 0.0406 e. The van der Waals surface area contributed by atoms with E-state index in [9.17, 15) is 0 Å². The van der Waals surface area contributed by atoms with Crippen LogP contribution >= 0.6 is 11.6 Å². The van der Waals surface area contributed by atoms with E-state index in [4.69, 9.17) is 11.6 Å². The highest BCUT2D eigenvalue weighted by atomic mass is 35.5. The Balaban J connectivity index is 1.90. The third-order valence-corrected chi connectivity index (χ3v) is 5.47. The summed E-state index contributed by atoms with van der Waals surface area (Å²) in [5.74, 6) is 0. The van der Waals surface area contributed by atoms with E-state index < -0.39 is 0 Å². The maximum Gasteiger partial charge on any atom is 0.0406 e. The van der Waals surface area contributed by atoms with Crippen molar-refractivity contribution in [2.24, 2.45) is 0 Å². The summed E-state index contributed by atoms with van der Waals surface area (Å²) in [6, 6.07) is 20.5. The lowest BCUT2D eigenvalue weighted by molar-refractivity contribution is 0.271. The van der Waals surface area contributed by atoms with E-state index in [1.54, 1.807) is 0 Å². The molecule has 2 bridgehead atoms. The number of hydrogen-bond donors (Lipinski definition) is 0. The molecule has 1 nitrogen and oxygen atoms in total. The molecule has 0 saturated carbocycles. The number of halogens is 1. The first kappa shape index (κ1) is 14.0. The molecule has 2 heterocycles. The number of hydrogen-bond acceptors (Lipinski definition) is 1. The van der Waals surface area contributed by atoms with Crippen molar-refractivity contribution in [2.75, 3.05) is 7.05 Å². The monoisotopic (exact) mass is 309 g/mol. The molecule has 0 radical (unpaired) electrons. The zero-order valence-corrected chi connectivity index (χ0v) is 13.6. The molecule has 0 aromatic heterocycles. The lowest BCUT2D eigenvalue weighted by Gasteiger charge is -2.36. The number of fused-ring (bicyclic) bond motifs is 2. The first-order chi connectivity index (χ1) is 10.7. The van der Waals surface area contributed by atoms with Crippen LogP contribution in [-0.4, -0.2) is 24.0 Å². The number of benzene rings is 2. The molecule has 0 aliphatic carbocycles. The quantitative estimate of drug-likeness (QED) is 0.744. The van der Waals surface area contributed by atoms with E-state index in [0.717, 1.165) is 11.4 Å². The fourth-order valence-corrected chi connectivity index (χ4v) is 4.19. The molecule has 4 rings (SSSR count). The van der Waals surface area contributed by atoms with Gasteiger partial charge in [-0.05, 0) is 60.7 Å². The van der Waals surface area contributed by atoms with Gasteiger partial charge in [0.15, 0.2) is 0 Å². The third kappa shape index (κ3) is 2.29. The van der Waals surface area contributed by atoms with Gasteiger partial charge in [-0.2, -0.15) is 0 Å². The van der Waals surface area contributed by atoms with Gasteiger partial charge in [0.25, 0.3) is 0 Å². The van der Waals surface area contributed by atoms with Gasteiger partial charge >= 0.3 is 0 Å². The summed E-state index contributed by atoms with van der Waals surface area (Å²) >= 11 is 6.08. The van der Waals surface area contributed by atoms with Crippen molar-refractivity contribution in [3.8, 4) is 0 Å².